The van der Waals surface area contributed by atoms with E-state index in [4.69, 9.17) is 16.3 Å². The highest BCUT2D eigenvalue weighted by Crippen LogP contribution is 2.26. The molecule has 0 bridgehead atoms. The molecule has 1 aromatic rings. The number of pyridine rings is 1. The molecule has 0 saturated heterocycles. The Morgan fingerprint density at radius 1 is 1.50 bits per heavy atom. The molecule has 80 valence electrons. The fraction of sp³-hybridized carbons (Fsp3) is 0.100. The van der Waals surface area contributed by atoms with Gasteiger partial charge in [-0.1, -0.05) is 34.3 Å². The van der Waals surface area contributed by atoms with E-state index in [1.54, 1.807) is 0 Å². The highest BCUT2D eigenvalue weighted by atomic mass is 79.9. The van der Waals surface area contributed by atoms with Crippen LogP contribution in [0.2, 0.25) is 0 Å². The van der Waals surface area contributed by atoms with Gasteiger partial charge in [-0.05, 0) is 10.5 Å². The van der Waals surface area contributed by atoms with Crippen LogP contribution in [0, 0.1) is 22.7 Å². The maximum Gasteiger partial charge on any atom is 0.142 e. The van der Waals surface area contributed by atoms with E-state index in [-0.39, 0.29) is 11.4 Å². The van der Waals surface area contributed by atoms with Crippen molar-refractivity contribution >= 4 is 33.5 Å². The van der Waals surface area contributed by atoms with Gasteiger partial charge >= 0.3 is 0 Å². The molecule has 6 heteroatoms. The van der Waals surface area contributed by atoms with E-state index in [1.807, 2.05) is 12.1 Å². The van der Waals surface area contributed by atoms with Crippen LogP contribution in [0.5, 0.6) is 0 Å². The normalized spacial score (nSPS) is 9.19. The number of rotatable bonds is 3. The molecule has 0 unspecified atom stereocenters. The van der Waals surface area contributed by atoms with Crippen LogP contribution < -0.4 is 5.73 Å². The molecule has 1 rings (SSSR count). The Morgan fingerprint density at radius 3 is 2.62 bits per heavy atom. The lowest BCUT2D eigenvalue weighted by atomic mass is 10.2. The first kappa shape index (κ1) is 12.6. The summed E-state index contributed by atoms with van der Waals surface area (Å²) in [6, 6.07) is 5.32. The third kappa shape index (κ3) is 2.99. The highest BCUT2D eigenvalue weighted by Gasteiger charge is 2.10. The summed E-state index contributed by atoms with van der Waals surface area (Å²) >= 11 is 4.56. The van der Waals surface area contributed by atoms with Gasteiger partial charge in [0.15, 0.2) is 0 Å². The second-order valence-electron chi connectivity index (χ2n) is 2.80. The second kappa shape index (κ2) is 5.55. The summed E-state index contributed by atoms with van der Waals surface area (Å²) < 4.78 is 0.797. The van der Waals surface area contributed by atoms with Gasteiger partial charge in [0, 0.05) is 5.75 Å². The molecule has 0 saturated carbocycles. The average Bonchev–Trinajstić information content (AvgIpc) is 2.26. The summed E-state index contributed by atoms with van der Waals surface area (Å²) in [5, 5.41) is 18.2. The van der Waals surface area contributed by atoms with Crippen LogP contribution in [0.3, 0.4) is 0 Å². The van der Waals surface area contributed by atoms with Crippen molar-refractivity contribution in [3.05, 3.63) is 28.3 Å². The number of hydrogen-bond donors (Lipinski definition) is 1. The SMILES string of the molecule is C=C(Br)CSc1nc(N)c(C#N)cc1C#N. The van der Waals surface area contributed by atoms with Gasteiger partial charge in [-0.25, -0.2) is 4.98 Å². The number of anilines is 1. The number of nitrogens with zero attached hydrogens (tertiary/aromatic N) is 3. The first-order valence-electron chi connectivity index (χ1n) is 4.15. The molecule has 2 N–H and O–H groups in total. The number of halogens is 1. The summed E-state index contributed by atoms with van der Waals surface area (Å²) in [4.78, 5) is 4.02. The number of hydrogen-bond acceptors (Lipinski definition) is 5. The smallest absolute Gasteiger partial charge is 0.142 e. The second-order valence-corrected chi connectivity index (χ2v) is 4.89. The van der Waals surface area contributed by atoms with Crippen molar-refractivity contribution < 1.29 is 0 Å². The van der Waals surface area contributed by atoms with Crippen LogP contribution >= 0.6 is 27.7 Å². The summed E-state index contributed by atoms with van der Waals surface area (Å²) in [6.07, 6.45) is 0. The molecule has 4 nitrogen and oxygen atoms in total. The lowest BCUT2D eigenvalue weighted by Crippen LogP contribution is -1.99. The van der Waals surface area contributed by atoms with Gasteiger partial charge in [0.05, 0.1) is 11.1 Å². The average molecular weight is 295 g/mol. The lowest BCUT2D eigenvalue weighted by Gasteiger charge is -2.04. The Hall–Kier alpha value is -1.50. The zero-order valence-corrected chi connectivity index (χ0v) is 10.6. The Labute approximate surface area is 106 Å². The van der Waals surface area contributed by atoms with Gasteiger partial charge < -0.3 is 5.73 Å². The zero-order valence-electron chi connectivity index (χ0n) is 8.20. The van der Waals surface area contributed by atoms with Gasteiger partial charge in [0.25, 0.3) is 0 Å². The molecule has 0 radical (unpaired) electrons. The quantitative estimate of drug-likeness (QED) is 0.865. The molecular formula is C10H7BrN4S. The number of nitrogen functional groups attached to an aromatic ring is 1. The van der Waals surface area contributed by atoms with Crippen molar-refractivity contribution in [3.8, 4) is 12.1 Å². The Morgan fingerprint density at radius 2 is 2.12 bits per heavy atom. The fourth-order valence-electron chi connectivity index (χ4n) is 0.936. The molecule has 0 aromatic carbocycles. The predicted molar refractivity (Wildman–Crippen MR) is 66.9 cm³/mol. The molecule has 0 fully saturated rings. The standard InChI is InChI=1S/C10H7BrN4S/c1-6(11)5-16-10-8(4-13)2-7(3-12)9(14)15-10/h2H,1,5H2,(H2,14,15). The third-order valence-electron chi connectivity index (χ3n) is 1.62. The van der Waals surface area contributed by atoms with Crippen LogP contribution in [0.1, 0.15) is 11.1 Å². The van der Waals surface area contributed by atoms with Crippen LogP contribution in [-0.4, -0.2) is 10.7 Å². The van der Waals surface area contributed by atoms with Crippen molar-refractivity contribution in [2.75, 3.05) is 11.5 Å². The van der Waals surface area contributed by atoms with Gasteiger partial charge in [-0.3, -0.25) is 0 Å². The summed E-state index contributed by atoms with van der Waals surface area (Å²) in [5.41, 5.74) is 6.14. The van der Waals surface area contributed by atoms with Crippen molar-refractivity contribution in [2.24, 2.45) is 0 Å². The van der Waals surface area contributed by atoms with Crippen molar-refractivity contribution in [1.29, 1.82) is 10.5 Å². The maximum absolute atomic E-state index is 8.91. The summed E-state index contributed by atoms with van der Waals surface area (Å²) in [7, 11) is 0. The first-order valence-corrected chi connectivity index (χ1v) is 5.93. The summed E-state index contributed by atoms with van der Waals surface area (Å²) in [5.74, 6) is 0.733. The van der Waals surface area contributed by atoms with Crippen LogP contribution in [0.4, 0.5) is 5.82 Å². The van der Waals surface area contributed by atoms with E-state index in [9.17, 15) is 0 Å². The third-order valence-corrected chi connectivity index (χ3v) is 3.35. The minimum absolute atomic E-state index is 0.143. The van der Waals surface area contributed by atoms with Crippen LogP contribution in [0.15, 0.2) is 22.2 Å². The highest BCUT2D eigenvalue weighted by molar-refractivity contribution is 9.11. The van der Waals surface area contributed by atoms with Gasteiger partial charge in [0.2, 0.25) is 0 Å². The summed E-state index contributed by atoms with van der Waals surface area (Å²) in [6.45, 7) is 3.68. The topological polar surface area (TPSA) is 86.5 Å². The van der Waals surface area contributed by atoms with Crippen molar-refractivity contribution in [1.82, 2.24) is 4.98 Å². The largest absolute Gasteiger partial charge is 0.383 e. The van der Waals surface area contributed by atoms with Crippen molar-refractivity contribution in [2.45, 2.75) is 5.03 Å². The molecular weight excluding hydrogens is 288 g/mol. The molecule has 1 heterocycles. The van der Waals surface area contributed by atoms with Crippen LogP contribution in [-0.2, 0) is 0 Å². The van der Waals surface area contributed by atoms with E-state index in [0.29, 0.717) is 16.3 Å². The van der Waals surface area contributed by atoms with E-state index in [2.05, 4.69) is 27.5 Å². The van der Waals surface area contributed by atoms with E-state index >= 15 is 0 Å². The monoisotopic (exact) mass is 294 g/mol. The van der Waals surface area contributed by atoms with E-state index in [1.165, 1.54) is 17.8 Å². The van der Waals surface area contributed by atoms with Crippen LogP contribution in [0.25, 0.3) is 0 Å². The fourth-order valence-corrected chi connectivity index (χ4v) is 2.00. The molecule has 0 aliphatic carbocycles. The Bertz CT molecular complexity index is 513. The molecule has 0 atom stereocenters. The van der Waals surface area contributed by atoms with Gasteiger partial charge in [0.1, 0.15) is 23.0 Å². The Balaban J connectivity index is 3.11. The molecule has 16 heavy (non-hydrogen) atoms. The minimum atomic E-state index is 0.143. The number of nitrogens with two attached hydrogens (primary N) is 1. The maximum atomic E-state index is 8.91. The molecule has 1 aromatic heterocycles. The number of aromatic nitrogens is 1. The molecule has 0 aliphatic heterocycles. The van der Waals surface area contributed by atoms with Gasteiger partial charge in [-0.2, -0.15) is 10.5 Å². The number of nitriles is 2. The van der Waals surface area contributed by atoms with Gasteiger partial charge in [-0.15, -0.1) is 0 Å². The Kier molecular flexibility index (Phi) is 4.36. The number of thioether (sulfide) groups is 1. The zero-order chi connectivity index (χ0) is 12.1. The predicted octanol–water partition coefficient (Wildman–Crippen LogP) is 2.41. The minimum Gasteiger partial charge on any atom is -0.383 e. The van der Waals surface area contributed by atoms with Crippen molar-refractivity contribution in [3.63, 3.8) is 0 Å². The molecule has 0 aliphatic rings. The van der Waals surface area contributed by atoms with E-state index in [0.717, 1.165) is 4.48 Å². The molecule has 0 amide bonds. The molecule has 0 spiro atoms. The lowest BCUT2D eigenvalue weighted by molar-refractivity contribution is 1.11. The first-order chi connectivity index (χ1) is 7.58. The van der Waals surface area contributed by atoms with E-state index < -0.39 is 0 Å².